The molecule has 0 spiro atoms. The highest BCUT2D eigenvalue weighted by atomic mass is 16.3. The molecule has 1 aliphatic heterocycles. The van der Waals surface area contributed by atoms with Gasteiger partial charge in [0.15, 0.2) is 0 Å². The average Bonchev–Trinajstić information content (AvgIpc) is 2.39. The highest BCUT2D eigenvalue weighted by molar-refractivity contribution is 5.27. The summed E-state index contributed by atoms with van der Waals surface area (Å²) in [6.07, 6.45) is 0. The molecule has 17 heavy (non-hydrogen) atoms. The van der Waals surface area contributed by atoms with Gasteiger partial charge in [-0.2, -0.15) is 0 Å². The predicted molar refractivity (Wildman–Crippen MR) is 70.0 cm³/mol. The van der Waals surface area contributed by atoms with Crippen LogP contribution in [0.15, 0.2) is 24.3 Å². The van der Waals surface area contributed by atoms with Gasteiger partial charge in [-0.3, -0.25) is 4.90 Å². The Morgan fingerprint density at radius 2 is 2.24 bits per heavy atom. The molecular weight excluding hydrogens is 212 g/mol. The molecule has 0 atom stereocenters. The van der Waals surface area contributed by atoms with E-state index in [1.54, 1.807) is 6.07 Å². The Hall–Kier alpha value is -1.06. The first-order valence-electron chi connectivity index (χ1n) is 6.26. The van der Waals surface area contributed by atoms with Crippen molar-refractivity contribution in [1.82, 2.24) is 10.2 Å². The van der Waals surface area contributed by atoms with E-state index >= 15 is 0 Å². The molecule has 1 fully saturated rings. The molecule has 1 heterocycles. The third-order valence-electron chi connectivity index (χ3n) is 3.18. The van der Waals surface area contributed by atoms with Gasteiger partial charge in [-0.1, -0.05) is 26.0 Å². The lowest BCUT2D eigenvalue weighted by molar-refractivity contribution is 0.200. The van der Waals surface area contributed by atoms with Crippen LogP contribution in [0.3, 0.4) is 0 Å². The summed E-state index contributed by atoms with van der Waals surface area (Å²) in [5.41, 5.74) is 1.50. The predicted octanol–water partition coefficient (Wildman–Crippen LogP) is 1.82. The smallest absolute Gasteiger partial charge is 0.115 e. The number of benzene rings is 1. The highest BCUT2D eigenvalue weighted by Crippen LogP contribution is 2.20. The summed E-state index contributed by atoms with van der Waals surface area (Å²) in [6.45, 7) is 9.78. The quantitative estimate of drug-likeness (QED) is 0.819. The lowest BCUT2D eigenvalue weighted by Crippen LogP contribution is -2.34. The van der Waals surface area contributed by atoms with Crippen LogP contribution < -0.4 is 5.32 Å². The molecule has 3 heteroatoms. The maximum Gasteiger partial charge on any atom is 0.115 e. The number of nitrogens with zero attached hydrogens (tertiary/aromatic N) is 1. The second-order valence-electron chi connectivity index (χ2n) is 5.72. The number of aromatic hydroxyl groups is 1. The van der Waals surface area contributed by atoms with Gasteiger partial charge in [0.1, 0.15) is 5.75 Å². The summed E-state index contributed by atoms with van der Waals surface area (Å²) >= 11 is 0. The molecule has 0 unspecified atom stereocenters. The van der Waals surface area contributed by atoms with Crippen molar-refractivity contribution in [3.05, 3.63) is 29.8 Å². The van der Waals surface area contributed by atoms with Crippen LogP contribution in [0.4, 0.5) is 0 Å². The van der Waals surface area contributed by atoms with Crippen molar-refractivity contribution >= 4 is 0 Å². The molecule has 2 N–H and O–H groups in total. The minimum absolute atomic E-state index is 0.313. The van der Waals surface area contributed by atoms with Crippen LogP contribution in [-0.4, -0.2) is 36.2 Å². The van der Waals surface area contributed by atoms with Gasteiger partial charge in [0.25, 0.3) is 0 Å². The lowest BCUT2D eigenvalue weighted by Gasteiger charge is -2.29. The van der Waals surface area contributed by atoms with Gasteiger partial charge in [-0.25, -0.2) is 0 Å². The van der Waals surface area contributed by atoms with Crippen LogP contribution in [0.5, 0.6) is 5.75 Å². The molecule has 1 aliphatic rings. The Morgan fingerprint density at radius 1 is 1.41 bits per heavy atom. The van der Waals surface area contributed by atoms with E-state index < -0.39 is 0 Å². The van der Waals surface area contributed by atoms with E-state index in [1.165, 1.54) is 5.56 Å². The first kappa shape index (κ1) is 12.4. The maximum absolute atomic E-state index is 9.47. The Bertz CT molecular complexity index is 376. The van der Waals surface area contributed by atoms with E-state index in [2.05, 4.69) is 30.1 Å². The molecule has 0 amide bonds. The SMILES string of the molecule is CC1(C)CNCCN(Cc2cccc(O)c2)C1. The van der Waals surface area contributed by atoms with Crippen LogP contribution in [0.1, 0.15) is 19.4 Å². The molecule has 94 valence electrons. The zero-order chi connectivity index (χ0) is 12.3. The molecule has 1 aromatic rings. The number of hydrogen-bond donors (Lipinski definition) is 2. The highest BCUT2D eigenvalue weighted by Gasteiger charge is 2.24. The number of phenolic OH excluding ortho intramolecular Hbond substituents is 1. The van der Waals surface area contributed by atoms with Gasteiger partial charge < -0.3 is 10.4 Å². The van der Waals surface area contributed by atoms with Crippen LogP contribution in [-0.2, 0) is 6.54 Å². The Morgan fingerprint density at radius 3 is 3.00 bits per heavy atom. The van der Waals surface area contributed by atoms with E-state index in [9.17, 15) is 5.11 Å². The van der Waals surface area contributed by atoms with E-state index in [-0.39, 0.29) is 0 Å². The summed E-state index contributed by atoms with van der Waals surface area (Å²) in [6, 6.07) is 7.56. The molecule has 1 aromatic carbocycles. The van der Waals surface area contributed by atoms with Gasteiger partial charge in [-0.05, 0) is 23.1 Å². The summed E-state index contributed by atoms with van der Waals surface area (Å²) in [4.78, 5) is 2.45. The van der Waals surface area contributed by atoms with Crippen LogP contribution in [0.2, 0.25) is 0 Å². The normalized spacial score (nSPS) is 21.1. The minimum Gasteiger partial charge on any atom is -0.508 e. The Balaban J connectivity index is 2.02. The van der Waals surface area contributed by atoms with E-state index in [4.69, 9.17) is 0 Å². The standard InChI is InChI=1S/C14H22N2O/c1-14(2)10-15-6-7-16(11-14)9-12-4-3-5-13(17)8-12/h3-5,8,15,17H,6-7,9-11H2,1-2H3. The van der Waals surface area contributed by atoms with Crippen molar-refractivity contribution in [1.29, 1.82) is 0 Å². The molecule has 0 bridgehead atoms. The summed E-state index contributed by atoms with van der Waals surface area (Å²) in [5, 5.41) is 12.9. The van der Waals surface area contributed by atoms with Gasteiger partial charge >= 0.3 is 0 Å². The van der Waals surface area contributed by atoms with Crippen molar-refractivity contribution in [3.8, 4) is 5.75 Å². The van der Waals surface area contributed by atoms with Gasteiger partial charge in [0, 0.05) is 32.7 Å². The summed E-state index contributed by atoms with van der Waals surface area (Å²) in [5.74, 6) is 0.356. The molecule has 0 radical (unpaired) electrons. The lowest BCUT2D eigenvalue weighted by atomic mass is 9.93. The fourth-order valence-electron chi connectivity index (χ4n) is 2.45. The minimum atomic E-state index is 0.313. The Labute approximate surface area is 103 Å². The van der Waals surface area contributed by atoms with Gasteiger partial charge in [0.05, 0.1) is 0 Å². The second kappa shape index (κ2) is 5.07. The Kier molecular flexibility index (Phi) is 3.69. The largest absolute Gasteiger partial charge is 0.508 e. The molecule has 0 saturated carbocycles. The van der Waals surface area contributed by atoms with E-state index in [0.717, 1.165) is 32.7 Å². The maximum atomic E-state index is 9.47. The number of rotatable bonds is 2. The molecule has 3 nitrogen and oxygen atoms in total. The van der Waals surface area contributed by atoms with Crippen molar-refractivity contribution in [3.63, 3.8) is 0 Å². The topological polar surface area (TPSA) is 35.5 Å². The second-order valence-corrected chi connectivity index (χ2v) is 5.72. The van der Waals surface area contributed by atoms with Crippen molar-refractivity contribution in [2.75, 3.05) is 26.2 Å². The summed E-state index contributed by atoms with van der Waals surface area (Å²) in [7, 11) is 0. The van der Waals surface area contributed by atoms with Crippen molar-refractivity contribution in [2.45, 2.75) is 20.4 Å². The number of hydrogen-bond acceptors (Lipinski definition) is 3. The third kappa shape index (κ3) is 3.72. The molecule has 0 aliphatic carbocycles. The first-order valence-corrected chi connectivity index (χ1v) is 6.26. The molecular formula is C14H22N2O. The molecule has 2 rings (SSSR count). The van der Waals surface area contributed by atoms with Crippen LogP contribution in [0.25, 0.3) is 0 Å². The van der Waals surface area contributed by atoms with Crippen molar-refractivity contribution < 1.29 is 5.11 Å². The fraction of sp³-hybridized carbons (Fsp3) is 0.571. The zero-order valence-corrected chi connectivity index (χ0v) is 10.7. The first-order chi connectivity index (χ1) is 8.05. The average molecular weight is 234 g/mol. The molecule has 1 saturated heterocycles. The fourth-order valence-corrected chi connectivity index (χ4v) is 2.45. The zero-order valence-electron chi connectivity index (χ0n) is 10.7. The number of phenols is 1. The van der Waals surface area contributed by atoms with Gasteiger partial charge in [0.2, 0.25) is 0 Å². The van der Waals surface area contributed by atoms with Crippen LogP contribution >= 0.6 is 0 Å². The van der Waals surface area contributed by atoms with Crippen molar-refractivity contribution in [2.24, 2.45) is 5.41 Å². The monoisotopic (exact) mass is 234 g/mol. The van der Waals surface area contributed by atoms with Gasteiger partial charge in [-0.15, -0.1) is 0 Å². The summed E-state index contributed by atoms with van der Waals surface area (Å²) < 4.78 is 0. The molecule has 0 aromatic heterocycles. The number of nitrogens with one attached hydrogen (secondary N) is 1. The van der Waals surface area contributed by atoms with Crippen LogP contribution in [0, 0.1) is 5.41 Å². The van der Waals surface area contributed by atoms with E-state index in [1.807, 2.05) is 12.1 Å². The van der Waals surface area contributed by atoms with E-state index in [0.29, 0.717) is 11.2 Å². The third-order valence-corrected chi connectivity index (χ3v) is 3.18.